The maximum atomic E-state index is 12.5. The van der Waals surface area contributed by atoms with Crippen molar-refractivity contribution >= 4 is 39.1 Å². The fourth-order valence-electron chi connectivity index (χ4n) is 2.73. The van der Waals surface area contributed by atoms with Crippen LogP contribution in [-0.2, 0) is 17.9 Å². The van der Waals surface area contributed by atoms with Crippen LogP contribution in [0.15, 0.2) is 48.5 Å². The number of hydrogen-bond acceptors (Lipinski definition) is 3. The number of nitrogens with zero attached hydrogens (tertiary/aromatic N) is 2. The molecule has 1 aromatic heterocycles. The number of benzene rings is 2. The van der Waals surface area contributed by atoms with E-state index in [0.717, 1.165) is 37.3 Å². The highest BCUT2D eigenvalue weighted by Crippen LogP contribution is 2.22. The van der Waals surface area contributed by atoms with Crippen LogP contribution in [0.5, 0.6) is 0 Å². The number of quaternary nitrogens is 1. The molecule has 0 saturated heterocycles. The van der Waals surface area contributed by atoms with Crippen LogP contribution >= 0.6 is 22.9 Å². The van der Waals surface area contributed by atoms with Crippen molar-refractivity contribution in [2.75, 3.05) is 20.6 Å². The molecule has 130 valence electrons. The SMILES string of the molecule is CN(Cc1nc2ccccc2s1)C(=O)C[NH+](C)Cc1cccc(Cl)c1. The summed E-state index contributed by atoms with van der Waals surface area (Å²) in [6.07, 6.45) is 0. The van der Waals surface area contributed by atoms with Crippen molar-refractivity contribution in [3.05, 3.63) is 64.1 Å². The number of halogens is 1. The van der Waals surface area contributed by atoms with Crippen LogP contribution in [0.3, 0.4) is 0 Å². The van der Waals surface area contributed by atoms with Crippen molar-refractivity contribution in [2.24, 2.45) is 0 Å². The van der Waals surface area contributed by atoms with Crippen molar-refractivity contribution in [1.82, 2.24) is 9.88 Å². The van der Waals surface area contributed by atoms with Gasteiger partial charge in [0.2, 0.25) is 0 Å². The zero-order chi connectivity index (χ0) is 17.8. The van der Waals surface area contributed by atoms with Gasteiger partial charge in [-0.15, -0.1) is 11.3 Å². The van der Waals surface area contributed by atoms with Crippen LogP contribution in [0.25, 0.3) is 10.2 Å². The van der Waals surface area contributed by atoms with Crippen molar-refractivity contribution in [3.8, 4) is 0 Å². The molecule has 0 bridgehead atoms. The normalized spacial score (nSPS) is 12.3. The first-order chi connectivity index (χ1) is 12.0. The molecule has 2 aromatic carbocycles. The number of rotatable bonds is 6. The number of hydrogen-bond donors (Lipinski definition) is 1. The Kier molecular flexibility index (Phi) is 5.68. The highest BCUT2D eigenvalue weighted by atomic mass is 35.5. The van der Waals surface area contributed by atoms with E-state index in [9.17, 15) is 4.79 Å². The van der Waals surface area contributed by atoms with Crippen LogP contribution in [0, 0.1) is 0 Å². The number of amides is 1. The monoisotopic (exact) mass is 374 g/mol. The fourth-order valence-corrected chi connectivity index (χ4v) is 3.96. The summed E-state index contributed by atoms with van der Waals surface area (Å²) in [5, 5.41) is 1.69. The van der Waals surface area contributed by atoms with E-state index in [1.165, 1.54) is 0 Å². The van der Waals surface area contributed by atoms with E-state index in [2.05, 4.69) is 11.1 Å². The summed E-state index contributed by atoms with van der Waals surface area (Å²) >= 11 is 7.66. The van der Waals surface area contributed by atoms with Gasteiger partial charge >= 0.3 is 0 Å². The lowest BCUT2D eigenvalue weighted by Gasteiger charge is -2.19. The largest absolute Gasteiger partial charge is 0.334 e. The molecule has 0 spiro atoms. The molecule has 4 nitrogen and oxygen atoms in total. The average Bonchev–Trinajstić information content (AvgIpc) is 2.96. The summed E-state index contributed by atoms with van der Waals surface area (Å²) in [7, 11) is 3.85. The molecule has 0 fully saturated rings. The molecule has 0 aliphatic heterocycles. The second-order valence-electron chi connectivity index (χ2n) is 6.27. The Morgan fingerprint density at radius 3 is 2.80 bits per heavy atom. The Bertz CT molecular complexity index is 847. The maximum Gasteiger partial charge on any atom is 0.277 e. The molecule has 1 unspecified atom stereocenters. The lowest BCUT2D eigenvalue weighted by Crippen LogP contribution is -3.08. The van der Waals surface area contributed by atoms with Gasteiger partial charge in [-0.3, -0.25) is 4.79 Å². The lowest BCUT2D eigenvalue weighted by atomic mass is 10.2. The average molecular weight is 375 g/mol. The Morgan fingerprint density at radius 1 is 1.24 bits per heavy atom. The Hall–Kier alpha value is -1.95. The van der Waals surface area contributed by atoms with Gasteiger partial charge in [0.25, 0.3) is 5.91 Å². The minimum atomic E-state index is 0.110. The van der Waals surface area contributed by atoms with Gasteiger partial charge in [0.1, 0.15) is 11.6 Å². The number of carbonyl (C=O) groups excluding carboxylic acids is 1. The molecule has 3 rings (SSSR count). The molecule has 3 aromatic rings. The van der Waals surface area contributed by atoms with Crippen LogP contribution < -0.4 is 4.90 Å². The van der Waals surface area contributed by atoms with E-state index >= 15 is 0 Å². The summed E-state index contributed by atoms with van der Waals surface area (Å²) in [6.45, 7) is 1.75. The number of thiazole rings is 1. The minimum Gasteiger partial charge on any atom is -0.334 e. The summed E-state index contributed by atoms with van der Waals surface area (Å²) in [5.41, 5.74) is 2.12. The topological polar surface area (TPSA) is 37.6 Å². The molecule has 0 saturated carbocycles. The van der Waals surface area contributed by atoms with E-state index in [1.807, 2.05) is 56.6 Å². The van der Waals surface area contributed by atoms with E-state index < -0.39 is 0 Å². The first kappa shape index (κ1) is 17.9. The highest BCUT2D eigenvalue weighted by Gasteiger charge is 2.17. The van der Waals surface area contributed by atoms with Crippen LogP contribution in [0.4, 0.5) is 0 Å². The van der Waals surface area contributed by atoms with E-state index in [1.54, 1.807) is 16.2 Å². The van der Waals surface area contributed by atoms with Crippen LogP contribution in [-0.4, -0.2) is 36.4 Å². The third-order valence-corrected chi connectivity index (χ3v) is 5.24. The zero-order valence-corrected chi connectivity index (χ0v) is 15.9. The van der Waals surface area contributed by atoms with Gasteiger partial charge in [0.15, 0.2) is 6.54 Å². The van der Waals surface area contributed by atoms with Gasteiger partial charge in [-0.1, -0.05) is 35.9 Å². The molecule has 1 N–H and O–H groups in total. The molecule has 0 aliphatic carbocycles. The van der Waals surface area contributed by atoms with E-state index in [-0.39, 0.29) is 5.91 Å². The quantitative estimate of drug-likeness (QED) is 0.720. The van der Waals surface area contributed by atoms with Crippen molar-refractivity contribution in [3.63, 3.8) is 0 Å². The van der Waals surface area contributed by atoms with Gasteiger partial charge < -0.3 is 9.80 Å². The molecular weight excluding hydrogens is 354 g/mol. The molecule has 0 aliphatic rings. The molecule has 0 radical (unpaired) electrons. The van der Waals surface area contributed by atoms with Crippen LogP contribution in [0.1, 0.15) is 10.6 Å². The lowest BCUT2D eigenvalue weighted by molar-refractivity contribution is -0.885. The Balaban J connectivity index is 1.56. The summed E-state index contributed by atoms with van der Waals surface area (Å²) < 4.78 is 1.15. The number of fused-ring (bicyclic) bond motifs is 1. The third kappa shape index (κ3) is 4.78. The smallest absolute Gasteiger partial charge is 0.277 e. The number of para-hydroxylation sites is 1. The fraction of sp³-hybridized carbons (Fsp3) is 0.263. The van der Waals surface area contributed by atoms with Crippen molar-refractivity contribution in [1.29, 1.82) is 0 Å². The maximum absolute atomic E-state index is 12.5. The zero-order valence-electron chi connectivity index (χ0n) is 14.3. The first-order valence-corrected chi connectivity index (χ1v) is 9.35. The molecule has 6 heteroatoms. The number of nitrogens with one attached hydrogen (secondary N) is 1. The third-order valence-electron chi connectivity index (χ3n) is 3.98. The molecule has 1 heterocycles. The molecule has 1 atom stereocenters. The number of likely N-dealkylation sites (N-methyl/N-ethyl adjacent to an activating group) is 2. The van der Waals surface area contributed by atoms with Crippen molar-refractivity contribution in [2.45, 2.75) is 13.1 Å². The van der Waals surface area contributed by atoms with Crippen molar-refractivity contribution < 1.29 is 9.69 Å². The highest BCUT2D eigenvalue weighted by molar-refractivity contribution is 7.18. The predicted octanol–water partition coefficient (Wildman–Crippen LogP) is 2.62. The van der Waals surface area contributed by atoms with Gasteiger partial charge in [-0.05, 0) is 24.3 Å². The Labute approximate surface area is 156 Å². The van der Waals surface area contributed by atoms with Gasteiger partial charge in [-0.25, -0.2) is 4.98 Å². The second-order valence-corrected chi connectivity index (χ2v) is 7.82. The standard InChI is InChI=1S/C19H20ClN3OS/c1-22(11-14-6-5-7-15(20)10-14)13-19(24)23(2)12-18-21-16-8-3-4-9-17(16)25-18/h3-10H,11-13H2,1-2H3/p+1. The molecule has 25 heavy (non-hydrogen) atoms. The van der Waals surface area contributed by atoms with Crippen LogP contribution in [0.2, 0.25) is 5.02 Å². The van der Waals surface area contributed by atoms with Gasteiger partial charge in [0.05, 0.1) is 23.8 Å². The number of aromatic nitrogens is 1. The van der Waals surface area contributed by atoms with Gasteiger partial charge in [-0.2, -0.15) is 0 Å². The summed E-state index contributed by atoms with van der Waals surface area (Å²) in [6, 6.07) is 15.8. The number of carbonyl (C=O) groups is 1. The molecular formula is C19H21ClN3OS+. The second kappa shape index (κ2) is 7.95. The van der Waals surface area contributed by atoms with E-state index in [4.69, 9.17) is 11.6 Å². The summed E-state index contributed by atoms with van der Waals surface area (Å²) in [5.74, 6) is 0.110. The van der Waals surface area contributed by atoms with E-state index in [0.29, 0.717) is 13.1 Å². The minimum absolute atomic E-state index is 0.110. The molecule has 1 amide bonds. The summed E-state index contributed by atoms with van der Waals surface area (Å²) in [4.78, 5) is 20.0. The Morgan fingerprint density at radius 2 is 2.04 bits per heavy atom. The predicted molar refractivity (Wildman–Crippen MR) is 103 cm³/mol. The first-order valence-electron chi connectivity index (χ1n) is 8.15. The van der Waals surface area contributed by atoms with Gasteiger partial charge in [0, 0.05) is 17.6 Å².